The summed E-state index contributed by atoms with van der Waals surface area (Å²) in [5.41, 5.74) is 21.0. The van der Waals surface area contributed by atoms with Crippen LogP contribution in [0.3, 0.4) is 0 Å². The van der Waals surface area contributed by atoms with E-state index in [0.717, 1.165) is 45.5 Å². The summed E-state index contributed by atoms with van der Waals surface area (Å²) in [7, 11) is 0. The number of hydrogen-bond acceptors (Lipinski definition) is 3. The van der Waals surface area contributed by atoms with Crippen LogP contribution in [0.15, 0.2) is 249 Å². The third-order valence-corrected chi connectivity index (χ3v) is 16.2. The molecular formula is C71H53N3. The van der Waals surface area contributed by atoms with E-state index >= 15 is 0 Å². The Morgan fingerprint density at radius 2 is 0.784 bits per heavy atom. The molecule has 0 N–H and O–H groups in total. The Kier molecular flexibility index (Phi) is 9.90. The second-order valence-corrected chi connectivity index (χ2v) is 21.1. The van der Waals surface area contributed by atoms with E-state index in [1.807, 2.05) is 0 Å². The molecule has 14 rings (SSSR count). The number of fused-ring (bicyclic) bond motifs is 9. The van der Waals surface area contributed by atoms with E-state index in [-0.39, 0.29) is 10.8 Å². The van der Waals surface area contributed by atoms with Crippen LogP contribution in [0, 0.1) is 0 Å². The maximum atomic E-state index is 5.72. The Balaban J connectivity index is 0.833. The number of benzene rings is 11. The van der Waals surface area contributed by atoms with Gasteiger partial charge in [0.2, 0.25) is 0 Å². The summed E-state index contributed by atoms with van der Waals surface area (Å²) in [5.74, 6) is 0. The minimum atomic E-state index is -0.316. The maximum absolute atomic E-state index is 5.72. The zero-order chi connectivity index (χ0) is 49.7. The maximum Gasteiger partial charge on any atom is 0.0750 e. The van der Waals surface area contributed by atoms with Crippen molar-refractivity contribution >= 4 is 66.4 Å². The lowest BCUT2D eigenvalue weighted by Crippen LogP contribution is -2.19. The highest BCUT2D eigenvalue weighted by Gasteiger charge is 2.43. The Hall–Kier alpha value is -9.05. The fraction of sp³-hybridized carbons (Fsp3) is 0.0845. The van der Waals surface area contributed by atoms with Crippen LogP contribution in [0.5, 0.6) is 0 Å². The summed E-state index contributed by atoms with van der Waals surface area (Å²) >= 11 is 0. The lowest BCUT2D eigenvalue weighted by atomic mass is 9.80. The van der Waals surface area contributed by atoms with Crippen LogP contribution in [-0.4, -0.2) is 4.98 Å². The van der Waals surface area contributed by atoms with Crippen molar-refractivity contribution in [3.63, 3.8) is 0 Å². The molecule has 2 aliphatic rings. The lowest BCUT2D eigenvalue weighted by Gasteiger charge is -2.28. The highest BCUT2D eigenvalue weighted by molar-refractivity contribution is 6.13. The van der Waals surface area contributed by atoms with Crippen molar-refractivity contribution in [2.24, 2.45) is 0 Å². The molecule has 352 valence electrons. The molecule has 1 aromatic heterocycles. The van der Waals surface area contributed by atoms with Crippen molar-refractivity contribution in [3.05, 3.63) is 271 Å². The number of hydrogen-bond donors (Lipinski definition) is 0. The van der Waals surface area contributed by atoms with E-state index < -0.39 is 0 Å². The van der Waals surface area contributed by atoms with Crippen molar-refractivity contribution in [1.82, 2.24) is 4.98 Å². The zero-order valence-corrected chi connectivity index (χ0v) is 42.0. The second-order valence-electron chi connectivity index (χ2n) is 21.1. The summed E-state index contributed by atoms with van der Waals surface area (Å²) < 4.78 is 0. The molecule has 3 nitrogen and oxygen atoms in total. The van der Waals surface area contributed by atoms with Crippen LogP contribution in [0.1, 0.15) is 50.1 Å². The van der Waals surface area contributed by atoms with Gasteiger partial charge in [-0.25, -0.2) is 0 Å². The van der Waals surface area contributed by atoms with Gasteiger partial charge in [-0.3, -0.25) is 4.98 Å². The van der Waals surface area contributed by atoms with Crippen molar-refractivity contribution < 1.29 is 0 Å². The number of anilines is 6. The first-order valence-corrected chi connectivity index (χ1v) is 25.9. The normalized spacial score (nSPS) is 13.6. The van der Waals surface area contributed by atoms with Gasteiger partial charge >= 0.3 is 0 Å². The summed E-state index contributed by atoms with van der Waals surface area (Å²) in [6.07, 6.45) is 0. The first-order valence-electron chi connectivity index (χ1n) is 25.9. The molecule has 1 heterocycles. The largest absolute Gasteiger partial charge is 0.310 e. The first kappa shape index (κ1) is 43.7. The van der Waals surface area contributed by atoms with Gasteiger partial charge in [0.05, 0.1) is 17.1 Å². The molecule has 0 atom stereocenters. The van der Waals surface area contributed by atoms with E-state index in [2.05, 4.69) is 286 Å². The summed E-state index contributed by atoms with van der Waals surface area (Å²) in [5, 5.41) is 7.36. The van der Waals surface area contributed by atoms with Crippen LogP contribution >= 0.6 is 0 Å². The molecule has 0 aliphatic heterocycles. The third kappa shape index (κ3) is 6.77. The minimum absolute atomic E-state index is 0.264. The Morgan fingerprint density at radius 3 is 1.46 bits per heavy atom. The monoisotopic (exact) mass is 947 g/mol. The lowest BCUT2D eigenvalue weighted by molar-refractivity contribution is 0.631. The topological polar surface area (TPSA) is 19.4 Å². The molecular weight excluding hydrogens is 895 g/mol. The van der Waals surface area contributed by atoms with Gasteiger partial charge in [0, 0.05) is 55.8 Å². The van der Waals surface area contributed by atoms with Crippen molar-refractivity contribution in [1.29, 1.82) is 0 Å². The number of para-hydroxylation sites is 3. The average Bonchev–Trinajstić information content (AvgIpc) is 3.81. The van der Waals surface area contributed by atoms with E-state index in [1.165, 1.54) is 88.0 Å². The number of rotatable bonds is 8. The smallest absolute Gasteiger partial charge is 0.0750 e. The molecule has 0 amide bonds. The van der Waals surface area contributed by atoms with Gasteiger partial charge in [0.15, 0.2) is 0 Å². The van der Waals surface area contributed by atoms with Gasteiger partial charge < -0.3 is 9.80 Å². The molecule has 0 saturated carbocycles. The molecule has 74 heavy (non-hydrogen) atoms. The van der Waals surface area contributed by atoms with Gasteiger partial charge in [0.1, 0.15) is 0 Å². The van der Waals surface area contributed by atoms with E-state index in [9.17, 15) is 0 Å². The van der Waals surface area contributed by atoms with E-state index in [4.69, 9.17) is 4.98 Å². The molecule has 0 unspecified atom stereocenters. The van der Waals surface area contributed by atoms with Gasteiger partial charge in [-0.2, -0.15) is 0 Å². The second kappa shape index (κ2) is 16.8. The Morgan fingerprint density at radius 1 is 0.297 bits per heavy atom. The fourth-order valence-electron chi connectivity index (χ4n) is 12.4. The van der Waals surface area contributed by atoms with Crippen LogP contribution in [0.4, 0.5) is 34.1 Å². The van der Waals surface area contributed by atoms with Crippen molar-refractivity contribution in [3.8, 4) is 44.6 Å². The summed E-state index contributed by atoms with van der Waals surface area (Å²) in [6.45, 7) is 9.47. The molecule has 0 saturated heterocycles. The minimum Gasteiger partial charge on any atom is -0.310 e. The van der Waals surface area contributed by atoms with E-state index in [1.54, 1.807) is 0 Å². The molecule has 0 radical (unpaired) electrons. The molecule has 2 aliphatic carbocycles. The molecule has 0 fully saturated rings. The Bertz CT molecular complexity index is 4150. The fourth-order valence-corrected chi connectivity index (χ4v) is 12.4. The molecule has 0 spiro atoms. The van der Waals surface area contributed by atoms with Crippen LogP contribution < -0.4 is 9.80 Å². The quantitative estimate of drug-likeness (QED) is 0.151. The highest BCUT2D eigenvalue weighted by atomic mass is 15.1. The third-order valence-electron chi connectivity index (χ3n) is 16.2. The van der Waals surface area contributed by atoms with Crippen molar-refractivity contribution in [2.75, 3.05) is 9.80 Å². The standard InChI is InChI=1S/C71H53N3/c1-70(2)64-43-48(54-38-39-58(56-29-17-16-28-55(54)56)59-40-41-67(61-31-19-18-30-57(59)61)74(50-24-10-6-11-25-50)51-26-12-7-13-27-51)33-36-62(64)68-66(70)45-63-60-37-35-53(44-65(60)71(3,4)69(63)72-68)73(49-22-8-5-9-23-49)52-34-32-46-20-14-15-21-47(46)42-52/h5-45H,1-4H3. The van der Waals surface area contributed by atoms with Gasteiger partial charge in [-0.15, -0.1) is 0 Å². The Labute approximate surface area is 433 Å². The molecule has 11 aromatic carbocycles. The van der Waals surface area contributed by atoms with Crippen molar-refractivity contribution in [2.45, 2.75) is 38.5 Å². The molecule has 12 aromatic rings. The number of aromatic nitrogens is 1. The van der Waals surface area contributed by atoms with E-state index in [0.29, 0.717) is 0 Å². The van der Waals surface area contributed by atoms with Crippen LogP contribution in [-0.2, 0) is 10.8 Å². The van der Waals surface area contributed by atoms with Gasteiger partial charge in [-0.05, 0) is 150 Å². The summed E-state index contributed by atoms with van der Waals surface area (Å²) in [6, 6.07) is 91.2. The van der Waals surface area contributed by atoms with Gasteiger partial charge in [-0.1, -0.05) is 198 Å². The molecule has 0 bridgehead atoms. The SMILES string of the molecule is CC1(C)c2cc(-c3ccc(-c4ccc(N(c5ccccc5)c5ccccc5)c5ccccc45)c4ccccc34)ccc2-c2nc3c(cc21)-c1ccc(N(c2ccccc2)c2ccc4ccccc4c2)cc1C3(C)C. The predicted octanol–water partition coefficient (Wildman–Crippen LogP) is 19.4. The zero-order valence-electron chi connectivity index (χ0n) is 42.0. The number of pyridine rings is 1. The first-order chi connectivity index (χ1) is 36.2. The number of nitrogens with zero attached hydrogens (tertiary/aromatic N) is 3. The summed E-state index contributed by atoms with van der Waals surface area (Å²) in [4.78, 5) is 10.5. The highest BCUT2D eigenvalue weighted by Crippen LogP contribution is 2.56. The average molecular weight is 948 g/mol. The molecule has 3 heteroatoms. The van der Waals surface area contributed by atoms with Crippen LogP contribution in [0.2, 0.25) is 0 Å². The van der Waals surface area contributed by atoms with Crippen LogP contribution in [0.25, 0.3) is 77.0 Å². The van der Waals surface area contributed by atoms with Gasteiger partial charge in [0.25, 0.3) is 0 Å². The predicted molar refractivity (Wildman–Crippen MR) is 312 cm³/mol.